The van der Waals surface area contributed by atoms with Gasteiger partial charge in [-0.1, -0.05) is 12.2 Å². The van der Waals surface area contributed by atoms with Crippen molar-refractivity contribution < 1.29 is 4.74 Å². The Morgan fingerprint density at radius 2 is 2.33 bits per heavy atom. The normalized spacial score (nSPS) is 20.6. The maximum atomic E-state index is 5.43. The smallest absolute Gasteiger partial charge is 0.0651 e. The summed E-state index contributed by atoms with van der Waals surface area (Å²) in [4.78, 5) is 0. The van der Waals surface area contributed by atoms with Crippen LogP contribution in [0.5, 0.6) is 0 Å². The van der Waals surface area contributed by atoms with Gasteiger partial charge in [-0.2, -0.15) is 0 Å². The maximum absolute atomic E-state index is 5.43. The van der Waals surface area contributed by atoms with Gasteiger partial charge in [-0.15, -0.1) is 0 Å². The Kier molecular flexibility index (Phi) is 2.78. The summed E-state index contributed by atoms with van der Waals surface area (Å²) in [5, 5.41) is 0. The molecule has 0 aromatic carbocycles. The Balaban J connectivity index is 1.91. The van der Waals surface area contributed by atoms with Gasteiger partial charge in [0.15, 0.2) is 0 Å². The topological polar surface area (TPSA) is 9.23 Å². The third-order valence-corrected chi connectivity index (χ3v) is 1.72. The third kappa shape index (κ3) is 2.19. The second-order valence-electron chi connectivity index (χ2n) is 2.46. The summed E-state index contributed by atoms with van der Waals surface area (Å²) in [7, 11) is 0. The Hall–Kier alpha value is -0.300. The highest BCUT2D eigenvalue weighted by Crippen LogP contribution is 2.21. The molecule has 1 aliphatic carbocycles. The molecule has 0 atom stereocenters. The molecule has 0 N–H and O–H groups in total. The van der Waals surface area contributed by atoms with Gasteiger partial charge in [0.25, 0.3) is 0 Å². The van der Waals surface area contributed by atoms with Crippen LogP contribution in [0.25, 0.3) is 0 Å². The third-order valence-electron chi connectivity index (χ3n) is 1.72. The standard InChI is InChI=1S/C8H14O/c1-2-3-7-9-8-5-4-6-8/h2-3,8H,4-7H2,1H3. The molecular formula is C8H14O. The monoisotopic (exact) mass is 126 g/mol. The van der Waals surface area contributed by atoms with Gasteiger partial charge in [-0.3, -0.25) is 0 Å². The molecule has 0 spiro atoms. The van der Waals surface area contributed by atoms with Gasteiger partial charge in [-0.05, 0) is 26.2 Å². The van der Waals surface area contributed by atoms with Gasteiger partial charge in [0.1, 0.15) is 0 Å². The van der Waals surface area contributed by atoms with Crippen molar-refractivity contribution in [3.8, 4) is 0 Å². The van der Waals surface area contributed by atoms with Crippen LogP contribution in [-0.4, -0.2) is 12.7 Å². The van der Waals surface area contributed by atoms with E-state index in [2.05, 4.69) is 6.08 Å². The summed E-state index contributed by atoms with van der Waals surface area (Å²) < 4.78 is 5.43. The molecule has 0 radical (unpaired) electrons. The van der Waals surface area contributed by atoms with E-state index in [4.69, 9.17) is 4.74 Å². The number of hydrogen-bond acceptors (Lipinski definition) is 1. The lowest BCUT2D eigenvalue weighted by Crippen LogP contribution is -2.21. The van der Waals surface area contributed by atoms with Crippen LogP contribution in [0.4, 0.5) is 0 Å². The molecule has 1 fully saturated rings. The summed E-state index contributed by atoms with van der Waals surface area (Å²) >= 11 is 0. The van der Waals surface area contributed by atoms with Crippen molar-refractivity contribution in [2.75, 3.05) is 6.61 Å². The van der Waals surface area contributed by atoms with E-state index in [-0.39, 0.29) is 0 Å². The lowest BCUT2D eigenvalue weighted by Gasteiger charge is -2.24. The van der Waals surface area contributed by atoms with E-state index in [1.165, 1.54) is 19.3 Å². The van der Waals surface area contributed by atoms with Crippen molar-refractivity contribution in [1.29, 1.82) is 0 Å². The Bertz CT molecular complexity index is 92.7. The molecule has 0 aliphatic heterocycles. The minimum Gasteiger partial charge on any atom is -0.374 e. The maximum Gasteiger partial charge on any atom is 0.0651 e. The van der Waals surface area contributed by atoms with Gasteiger partial charge in [-0.25, -0.2) is 0 Å². The van der Waals surface area contributed by atoms with Crippen LogP contribution >= 0.6 is 0 Å². The molecule has 0 unspecified atom stereocenters. The first-order chi connectivity index (χ1) is 4.43. The fraction of sp³-hybridized carbons (Fsp3) is 0.750. The summed E-state index contributed by atoms with van der Waals surface area (Å²) in [6.45, 7) is 2.82. The van der Waals surface area contributed by atoms with Crippen LogP contribution in [0, 0.1) is 0 Å². The molecule has 1 heteroatoms. The van der Waals surface area contributed by atoms with Gasteiger partial charge in [0.2, 0.25) is 0 Å². The summed E-state index contributed by atoms with van der Waals surface area (Å²) in [5.74, 6) is 0. The summed E-state index contributed by atoms with van der Waals surface area (Å²) in [6.07, 6.45) is 8.58. The lowest BCUT2D eigenvalue weighted by atomic mass is 9.96. The molecule has 1 saturated carbocycles. The molecule has 1 rings (SSSR count). The van der Waals surface area contributed by atoms with Gasteiger partial charge < -0.3 is 4.74 Å². The lowest BCUT2D eigenvalue weighted by molar-refractivity contribution is 0.0188. The molecule has 9 heavy (non-hydrogen) atoms. The quantitative estimate of drug-likeness (QED) is 0.526. The average Bonchev–Trinajstić information content (AvgIpc) is 1.76. The van der Waals surface area contributed by atoms with Crippen LogP contribution in [0.15, 0.2) is 12.2 Å². The largest absolute Gasteiger partial charge is 0.374 e. The van der Waals surface area contributed by atoms with Crippen molar-refractivity contribution in [1.82, 2.24) is 0 Å². The van der Waals surface area contributed by atoms with E-state index in [0.717, 1.165) is 6.61 Å². The molecule has 0 saturated heterocycles. The van der Waals surface area contributed by atoms with E-state index in [1.807, 2.05) is 13.0 Å². The molecular weight excluding hydrogens is 112 g/mol. The van der Waals surface area contributed by atoms with Crippen molar-refractivity contribution >= 4 is 0 Å². The van der Waals surface area contributed by atoms with Crippen LogP contribution in [-0.2, 0) is 4.74 Å². The van der Waals surface area contributed by atoms with Crippen LogP contribution < -0.4 is 0 Å². The van der Waals surface area contributed by atoms with Crippen molar-refractivity contribution in [2.24, 2.45) is 0 Å². The zero-order chi connectivity index (χ0) is 6.53. The minimum absolute atomic E-state index is 0.584. The first-order valence-corrected chi connectivity index (χ1v) is 3.66. The first kappa shape index (κ1) is 6.81. The Morgan fingerprint density at radius 3 is 2.78 bits per heavy atom. The van der Waals surface area contributed by atoms with Crippen LogP contribution in [0.1, 0.15) is 26.2 Å². The molecule has 0 aromatic rings. The van der Waals surface area contributed by atoms with Gasteiger partial charge in [0.05, 0.1) is 12.7 Å². The van der Waals surface area contributed by atoms with E-state index in [0.29, 0.717) is 6.10 Å². The summed E-state index contributed by atoms with van der Waals surface area (Å²) in [6, 6.07) is 0. The van der Waals surface area contributed by atoms with Gasteiger partial charge >= 0.3 is 0 Å². The summed E-state index contributed by atoms with van der Waals surface area (Å²) in [5.41, 5.74) is 0. The second kappa shape index (κ2) is 3.67. The molecule has 52 valence electrons. The van der Waals surface area contributed by atoms with Crippen molar-refractivity contribution in [2.45, 2.75) is 32.3 Å². The SMILES string of the molecule is CC=CCOC1CCC1. The average molecular weight is 126 g/mol. The Morgan fingerprint density at radius 1 is 1.56 bits per heavy atom. The second-order valence-corrected chi connectivity index (χ2v) is 2.46. The number of ether oxygens (including phenoxy) is 1. The Labute approximate surface area is 56.7 Å². The van der Waals surface area contributed by atoms with Crippen LogP contribution in [0.3, 0.4) is 0 Å². The van der Waals surface area contributed by atoms with Crippen LogP contribution in [0.2, 0.25) is 0 Å². The molecule has 0 amide bonds. The van der Waals surface area contributed by atoms with Crippen molar-refractivity contribution in [3.05, 3.63) is 12.2 Å². The molecule has 0 heterocycles. The molecule has 1 aliphatic rings. The fourth-order valence-electron chi connectivity index (χ4n) is 0.825. The fourth-order valence-corrected chi connectivity index (χ4v) is 0.825. The predicted molar refractivity (Wildman–Crippen MR) is 38.4 cm³/mol. The van der Waals surface area contributed by atoms with E-state index in [1.54, 1.807) is 0 Å². The first-order valence-electron chi connectivity index (χ1n) is 3.66. The molecule has 1 nitrogen and oxygen atoms in total. The minimum atomic E-state index is 0.584. The highest BCUT2D eigenvalue weighted by atomic mass is 16.5. The highest BCUT2D eigenvalue weighted by Gasteiger charge is 2.16. The van der Waals surface area contributed by atoms with E-state index < -0.39 is 0 Å². The van der Waals surface area contributed by atoms with Crippen molar-refractivity contribution in [3.63, 3.8) is 0 Å². The molecule has 0 bridgehead atoms. The zero-order valence-electron chi connectivity index (χ0n) is 5.97. The van der Waals surface area contributed by atoms with Gasteiger partial charge in [0, 0.05) is 0 Å². The number of allylic oxidation sites excluding steroid dienone is 1. The van der Waals surface area contributed by atoms with E-state index in [9.17, 15) is 0 Å². The highest BCUT2D eigenvalue weighted by molar-refractivity contribution is 4.78. The van der Waals surface area contributed by atoms with E-state index >= 15 is 0 Å². The predicted octanol–water partition coefficient (Wildman–Crippen LogP) is 2.13. The number of hydrogen-bond donors (Lipinski definition) is 0. The molecule has 0 aromatic heterocycles. The zero-order valence-corrected chi connectivity index (χ0v) is 5.97. The number of rotatable bonds is 3.